The third-order valence-corrected chi connectivity index (χ3v) is 2.32. The average molecular weight is 238 g/mol. The van der Waals surface area contributed by atoms with Gasteiger partial charge >= 0.3 is 0 Å². The number of nitrogens with two attached hydrogens (primary N) is 1. The van der Waals surface area contributed by atoms with Gasteiger partial charge in [-0.2, -0.15) is 10.4 Å². The van der Waals surface area contributed by atoms with Crippen LogP contribution in [0.15, 0.2) is 48.3 Å². The normalized spacial score (nSPS) is 10.9. The lowest BCUT2D eigenvalue weighted by Crippen LogP contribution is -2.12. The van der Waals surface area contributed by atoms with E-state index < -0.39 is 5.91 Å². The smallest absolute Gasteiger partial charge is 0.259 e. The molecular formula is C13H10N4O. The summed E-state index contributed by atoms with van der Waals surface area (Å²) in [5.74, 6) is -0.745. The molecule has 1 amide bonds. The van der Waals surface area contributed by atoms with Gasteiger partial charge in [0.05, 0.1) is 11.9 Å². The van der Waals surface area contributed by atoms with Gasteiger partial charge < -0.3 is 5.73 Å². The molecule has 0 aliphatic heterocycles. The molecule has 0 unspecified atom stereocenters. The molecule has 0 fully saturated rings. The van der Waals surface area contributed by atoms with Crippen LogP contribution in [0.5, 0.6) is 0 Å². The zero-order chi connectivity index (χ0) is 13.0. The molecular weight excluding hydrogens is 228 g/mol. The summed E-state index contributed by atoms with van der Waals surface area (Å²) in [5, 5.41) is 12.9. The van der Waals surface area contributed by atoms with E-state index in [0.29, 0.717) is 5.56 Å². The highest BCUT2D eigenvalue weighted by Crippen LogP contribution is 2.10. The zero-order valence-electron chi connectivity index (χ0n) is 9.45. The van der Waals surface area contributed by atoms with Crippen molar-refractivity contribution in [1.29, 1.82) is 5.26 Å². The first-order chi connectivity index (χ1) is 8.70. The van der Waals surface area contributed by atoms with Gasteiger partial charge in [-0.3, -0.25) is 4.79 Å². The van der Waals surface area contributed by atoms with Crippen LogP contribution in [0.3, 0.4) is 0 Å². The van der Waals surface area contributed by atoms with Gasteiger partial charge in [0.1, 0.15) is 11.6 Å². The predicted molar refractivity (Wildman–Crippen MR) is 66.3 cm³/mol. The van der Waals surface area contributed by atoms with Crippen molar-refractivity contribution in [1.82, 2.24) is 9.78 Å². The summed E-state index contributed by atoms with van der Waals surface area (Å²) < 4.78 is 1.65. The number of benzene rings is 1. The van der Waals surface area contributed by atoms with Crippen LogP contribution in [0.2, 0.25) is 0 Å². The summed E-state index contributed by atoms with van der Waals surface area (Å²) >= 11 is 0. The molecule has 1 aromatic heterocycles. The van der Waals surface area contributed by atoms with E-state index in [1.54, 1.807) is 23.1 Å². The maximum Gasteiger partial charge on any atom is 0.259 e. The molecule has 0 radical (unpaired) electrons. The maximum absolute atomic E-state index is 10.9. The molecule has 5 nitrogen and oxygen atoms in total. The molecule has 0 aliphatic carbocycles. The van der Waals surface area contributed by atoms with Gasteiger partial charge in [-0.1, -0.05) is 18.2 Å². The van der Waals surface area contributed by atoms with Crippen molar-refractivity contribution in [2.75, 3.05) is 0 Å². The molecule has 0 bridgehead atoms. The fourth-order valence-electron chi connectivity index (χ4n) is 1.46. The van der Waals surface area contributed by atoms with Crippen molar-refractivity contribution < 1.29 is 4.79 Å². The second kappa shape index (κ2) is 4.97. The second-order valence-corrected chi connectivity index (χ2v) is 3.59. The lowest BCUT2D eigenvalue weighted by molar-refractivity contribution is -0.114. The fourth-order valence-corrected chi connectivity index (χ4v) is 1.46. The Balaban J connectivity index is 2.33. The fraction of sp³-hybridized carbons (Fsp3) is 0. The third-order valence-electron chi connectivity index (χ3n) is 2.32. The number of carbonyl (C=O) groups excluding carboxylic acids is 1. The standard InChI is InChI=1S/C13H10N4O/c14-7-11(13(15)18)6-10-8-16-17(9-10)12-4-2-1-3-5-12/h1-6,8-9H,(H2,15,18)/b11-6+. The number of hydrogen-bond donors (Lipinski definition) is 1. The number of aromatic nitrogens is 2. The highest BCUT2D eigenvalue weighted by atomic mass is 16.1. The summed E-state index contributed by atoms with van der Waals surface area (Å²) in [5.41, 5.74) is 6.51. The molecule has 0 aliphatic rings. The Morgan fingerprint density at radius 2 is 2.11 bits per heavy atom. The lowest BCUT2D eigenvalue weighted by atomic mass is 10.2. The third kappa shape index (κ3) is 2.44. The molecule has 2 aromatic rings. The number of amides is 1. The van der Waals surface area contributed by atoms with E-state index in [9.17, 15) is 4.79 Å². The van der Waals surface area contributed by atoms with E-state index in [0.717, 1.165) is 5.69 Å². The van der Waals surface area contributed by atoms with Crippen molar-refractivity contribution in [2.45, 2.75) is 0 Å². The van der Waals surface area contributed by atoms with E-state index in [4.69, 9.17) is 11.0 Å². The minimum Gasteiger partial charge on any atom is -0.365 e. The molecule has 88 valence electrons. The van der Waals surface area contributed by atoms with Gasteiger partial charge in [0.2, 0.25) is 0 Å². The molecule has 1 aromatic carbocycles. The number of rotatable bonds is 3. The molecule has 5 heteroatoms. The average Bonchev–Trinajstić information content (AvgIpc) is 2.85. The number of primary amides is 1. The van der Waals surface area contributed by atoms with Crippen LogP contribution in [0.25, 0.3) is 11.8 Å². The highest BCUT2D eigenvalue weighted by molar-refractivity contribution is 6.00. The molecule has 0 atom stereocenters. The minimum atomic E-state index is -0.745. The summed E-state index contributed by atoms with van der Waals surface area (Å²) in [4.78, 5) is 10.9. The largest absolute Gasteiger partial charge is 0.365 e. The van der Waals surface area contributed by atoms with Crippen LogP contribution in [0.4, 0.5) is 0 Å². The first kappa shape index (κ1) is 11.6. The Labute approximate surface area is 104 Å². The molecule has 1 heterocycles. The van der Waals surface area contributed by atoms with Crippen LogP contribution < -0.4 is 5.73 Å². The van der Waals surface area contributed by atoms with E-state index in [1.165, 1.54) is 6.08 Å². The van der Waals surface area contributed by atoms with Crippen molar-refractivity contribution in [3.63, 3.8) is 0 Å². The molecule has 2 rings (SSSR count). The first-order valence-electron chi connectivity index (χ1n) is 5.22. The van der Waals surface area contributed by atoms with Crippen LogP contribution >= 0.6 is 0 Å². The van der Waals surface area contributed by atoms with Crippen LogP contribution in [0.1, 0.15) is 5.56 Å². The van der Waals surface area contributed by atoms with Gasteiger partial charge in [-0.15, -0.1) is 0 Å². The van der Waals surface area contributed by atoms with Crippen molar-refractivity contribution in [2.24, 2.45) is 5.73 Å². The SMILES string of the molecule is N#C/C(=C\c1cnn(-c2ccccc2)c1)C(N)=O. The summed E-state index contributed by atoms with van der Waals surface area (Å²) in [7, 11) is 0. The van der Waals surface area contributed by atoms with Crippen molar-refractivity contribution in [3.8, 4) is 11.8 Å². The molecule has 0 spiro atoms. The minimum absolute atomic E-state index is 0.0948. The van der Waals surface area contributed by atoms with E-state index in [2.05, 4.69) is 5.10 Å². The van der Waals surface area contributed by atoms with Crippen LogP contribution in [0, 0.1) is 11.3 Å². The van der Waals surface area contributed by atoms with Gasteiger partial charge in [0.15, 0.2) is 0 Å². The highest BCUT2D eigenvalue weighted by Gasteiger charge is 2.05. The van der Waals surface area contributed by atoms with Gasteiger partial charge in [0.25, 0.3) is 5.91 Å². The van der Waals surface area contributed by atoms with Gasteiger partial charge in [0, 0.05) is 11.8 Å². The lowest BCUT2D eigenvalue weighted by Gasteiger charge is -1.98. The number of hydrogen-bond acceptors (Lipinski definition) is 3. The monoisotopic (exact) mass is 238 g/mol. The Kier molecular flexibility index (Phi) is 3.21. The Morgan fingerprint density at radius 3 is 2.72 bits per heavy atom. The summed E-state index contributed by atoms with van der Waals surface area (Å²) in [6.45, 7) is 0. The number of nitrogens with zero attached hydrogens (tertiary/aromatic N) is 3. The predicted octanol–water partition coefficient (Wildman–Crippen LogP) is 1.26. The van der Waals surface area contributed by atoms with Gasteiger partial charge in [-0.25, -0.2) is 4.68 Å². The molecule has 18 heavy (non-hydrogen) atoms. The van der Waals surface area contributed by atoms with Gasteiger partial charge in [-0.05, 0) is 18.2 Å². The maximum atomic E-state index is 10.9. The Bertz CT molecular complexity index is 635. The van der Waals surface area contributed by atoms with E-state index in [1.807, 2.05) is 30.3 Å². The van der Waals surface area contributed by atoms with Crippen LogP contribution in [-0.2, 0) is 4.79 Å². The number of nitriles is 1. The zero-order valence-corrected chi connectivity index (χ0v) is 9.45. The van der Waals surface area contributed by atoms with Crippen molar-refractivity contribution in [3.05, 3.63) is 53.9 Å². The quantitative estimate of drug-likeness (QED) is 0.645. The topological polar surface area (TPSA) is 84.7 Å². The molecule has 2 N–H and O–H groups in total. The first-order valence-corrected chi connectivity index (χ1v) is 5.22. The summed E-state index contributed by atoms with van der Waals surface area (Å²) in [6, 6.07) is 11.3. The molecule has 0 saturated carbocycles. The summed E-state index contributed by atoms with van der Waals surface area (Å²) in [6.07, 6.45) is 4.69. The number of carbonyl (C=O) groups is 1. The number of para-hydroxylation sites is 1. The Hall–Kier alpha value is -2.87. The van der Waals surface area contributed by atoms with Crippen LogP contribution in [-0.4, -0.2) is 15.7 Å². The van der Waals surface area contributed by atoms with E-state index >= 15 is 0 Å². The van der Waals surface area contributed by atoms with Crippen molar-refractivity contribution >= 4 is 12.0 Å². The molecule has 0 saturated heterocycles. The second-order valence-electron chi connectivity index (χ2n) is 3.59. The Morgan fingerprint density at radius 1 is 1.39 bits per heavy atom. The van der Waals surface area contributed by atoms with E-state index in [-0.39, 0.29) is 5.57 Å².